The molecule has 19 heavy (non-hydrogen) atoms. The monoisotopic (exact) mass is 284 g/mol. The number of carboxylic acids is 1. The molecule has 0 aromatic carbocycles. The van der Waals surface area contributed by atoms with E-state index >= 15 is 0 Å². The summed E-state index contributed by atoms with van der Waals surface area (Å²) in [7, 11) is 0. The lowest BCUT2D eigenvalue weighted by Gasteiger charge is -2.41. The highest BCUT2D eigenvalue weighted by atomic mass is 32.1. The van der Waals surface area contributed by atoms with Gasteiger partial charge in [0, 0.05) is 24.9 Å². The van der Waals surface area contributed by atoms with Gasteiger partial charge in [0.15, 0.2) is 5.13 Å². The van der Waals surface area contributed by atoms with E-state index in [2.05, 4.69) is 30.7 Å². The van der Waals surface area contributed by atoms with Crippen molar-refractivity contribution in [2.24, 2.45) is 0 Å². The summed E-state index contributed by atoms with van der Waals surface area (Å²) in [5.41, 5.74) is 0.684. The molecule has 0 saturated carbocycles. The number of ether oxygens (including phenoxy) is 1. The number of hydrogen-bond donors (Lipinski definition) is 1. The molecule has 1 unspecified atom stereocenters. The van der Waals surface area contributed by atoms with Gasteiger partial charge in [-0.15, -0.1) is 11.3 Å². The minimum Gasteiger partial charge on any atom is -0.481 e. The van der Waals surface area contributed by atoms with Gasteiger partial charge >= 0.3 is 5.97 Å². The van der Waals surface area contributed by atoms with Crippen molar-refractivity contribution in [2.45, 2.75) is 45.3 Å². The largest absolute Gasteiger partial charge is 0.481 e. The van der Waals surface area contributed by atoms with Crippen LogP contribution in [0, 0.1) is 0 Å². The second-order valence-electron chi connectivity index (χ2n) is 5.58. The fourth-order valence-corrected chi connectivity index (χ4v) is 3.26. The van der Waals surface area contributed by atoms with Gasteiger partial charge in [0.25, 0.3) is 0 Å². The lowest BCUT2D eigenvalue weighted by atomic mass is 10.1. The summed E-state index contributed by atoms with van der Waals surface area (Å²) in [6, 6.07) is 0. The highest BCUT2D eigenvalue weighted by molar-refractivity contribution is 7.13. The molecule has 2 heterocycles. The Morgan fingerprint density at radius 1 is 1.68 bits per heavy atom. The molecule has 1 fully saturated rings. The Morgan fingerprint density at radius 3 is 3.05 bits per heavy atom. The maximum atomic E-state index is 10.6. The minimum atomic E-state index is -0.782. The van der Waals surface area contributed by atoms with Crippen LogP contribution in [-0.2, 0) is 16.0 Å². The van der Waals surface area contributed by atoms with E-state index in [-0.39, 0.29) is 18.1 Å². The van der Waals surface area contributed by atoms with E-state index in [4.69, 9.17) is 9.84 Å². The number of hydrogen-bond acceptors (Lipinski definition) is 5. The summed E-state index contributed by atoms with van der Waals surface area (Å²) in [6.07, 6.45) is 0.804. The highest BCUT2D eigenvalue weighted by Gasteiger charge is 2.32. The maximum absolute atomic E-state index is 10.6. The van der Waals surface area contributed by atoms with Crippen molar-refractivity contribution in [3.63, 3.8) is 0 Å². The van der Waals surface area contributed by atoms with Gasteiger partial charge in [-0.3, -0.25) is 4.79 Å². The minimum absolute atomic E-state index is 0.133. The SMILES string of the molecule is CC1CN(c2nc(CCC(=O)O)cs2)CC(C)(C)O1. The zero-order chi connectivity index (χ0) is 14.0. The molecule has 1 aromatic rings. The summed E-state index contributed by atoms with van der Waals surface area (Å²) in [6.45, 7) is 7.86. The van der Waals surface area contributed by atoms with Crippen LogP contribution in [-0.4, -0.2) is 40.9 Å². The zero-order valence-electron chi connectivity index (χ0n) is 11.5. The molecule has 0 radical (unpaired) electrons. The number of aromatic nitrogens is 1. The Labute approximate surface area is 117 Å². The first-order valence-electron chi connectivity index (χ1n) is 6.45. The van der Waals surface area contributed by atoms with Crippen LogP contribution in [0.5, 0.6) is 0 Å². The second-order valence-corrected chi connectivity index (χ2v) is 6.42. The Bertz CT molecular complexity index is 458. The van der Waals surface area contributed by atoms with Crippen LogP contribution >= 0.6 is 11.3 Å². The van der Waals surface area contributed by atoms with E-state index in [0.29, 0.717) is 6.42 Å². The lowest BCUT2D eigenvalue weighted by Crippen LogP contribution is -2.52. The average molecular weight is 284 g/mol. The van der Waals surface area contributed by atoms with Crippen molar-refractivity contribution in [1.29, 1.82) is 0 Å². The zero-order valence-corrected chi connectivity index (χ0v) is 12.4. The van der Waals surface area contributed by atoms with Crippen molar-refractivity contribution in [3.8, 4) is 0 Å². The number of aryl methyl sites for hydroxylation is 1. The number of carboxylic acid groups (broad SMARTS) is 1. The summed E-state index contributed by atoms with van der Waals surface area (Å²) in [5, 5.41) is 11.6. The molecule has 1 aromatic heterocycles. The summed E-state index contributed by atoms with van der Waals surface area (Å²) < 4.78 is 5.87. The molecule has 0 aliphatic carbocycles. The molecule has 1 aliphatic rings. The fraction of sp³-hybridized carbons (Fsp3) is 0.692. The number of aliphatic carboxylic acids is 1. The van der Waals surface area contributed by atoms with Crippen LogP contribution in [0.3, 0.4) is 0 Å². The van der Waals surface area contributed by atoms with Gasteiger partial charge in [-0.1, -0.05) is 0 Å². The van der Waals surface area contributed by atoms with E-state index < -0.39 is 5.97 Å². The van der Waals surface area contributed by atoms with Crippen molar-refractivity contribution < 1.29 is 14.6 Å². The third-order valence-corrected chi connectivity index (χ3v) is 3.92. The topological polar surface area (TPSA) is 62.7 Å². The van der Waals surface area contributed by atoms with E-state index in [9.17, 15) is 4.79 Å². The smallest absolute Gasteiger partial charge is 0.303 e. The molecule has 1 saturated heterocycles. The van der Waals surface area contributed by atoms with Crippen LogP contribution in [0.15, 0.2) is 5.38 Å². The van der Waals surface area contributed by atoms with Gasteiger partial charge in [0.05, 0.1) is 23.8 Å². The standard InChI is InChI=1S/C13H20N2O3S/c1-9-6-15(8-13(2,3)18-9)12-14-10(7-19-12)4-5-11(16)17/h7,9H,4-6,8H2,1-3H3,(H,16,17). The first kappa shape index (κ1) is 14.3. The first-order chi connectivity index (χ1) is 8.85. The van der Waals surface area contributed by atoms with Gasteiger partial charge in [-0.2, -0.15) is 0 Å². The third-order valence-electron chi connectivity index (χ3n) is 2.97. The van der Waals surface area contributed by atoms with Crippen LogP contribution in [0.2, 0.25) is 0 Å². The molecule has 6 heteroatoms. The Balaban J connectivity index is 2.03. The van der Waals surface area contributed by atoms with Gasteiger partial charge in [-0.05, 0) is 20.8 Å². The van der Waals surface area contributed by atoms with Crippen LogP contribution in [0.25, 0.3) is 0 Å². The maximum Gasteiger partial charge on any atom is 0.303 e. The molecule has 0 bridgehead atoms. The Hall–Kier alpha value is -1.14. The molecule has 106 valence electrons. The highest BCUT2D eigenvalue weighted by Crippen LogP contribution is 2.28. The van der Waals surface area contributed by atoms with Gasteiger partial charge in [0.2, 0.25) is 0 Å². The number of rotatable bonds is 4. The van der Waals surface area contributed by atoms with Gasteiger partial charge < -0.3 is 14.7 Å². The fourth-order valence-electron chi connectivity index (χ4n) is 2.39. The molecular weight excluding hydrogens is 264 g/mol. The number of anilines is 1. The van der Waals surface area contributed by atoms with Crippen molar-refractivity contribution in [1.82, 2.24) is 4.98 Å². The van der Waals surface area contributed by atoms with E-state index in [1.807, 2.05) is 5.38 Å². The molecular formula is C13H20N2O3S. The van der Waals surface area contributed by atoms with Crippen LogP contribution in [0.4, 0.5) is 5.13 Å². The predicted molar refractivity (Wildman–Crippen MR) is 74.9 cm³/mol. The molecule has 1 atom stereocenters. The quantitative estimate of drug-likeness (QED) is 0.918. The summed E-state index contributed by atoms with van der Waals surface area (Å²) in [4.78, 5) is 17.3. The molecule has 1 aliphatic heterocycles. The molecule has 0 amide bonds. The first-order valence-corrected chi connectivity index (χ1v) is 7.33. The second kappa shape index (κ2) is 5.46. The normalized spacial score (nSPS) is 22.5. The lowest BCUT2D eigenvalue weighted by molar-refractivity contribution is -0.136. The van der Waals surface area contributed by atoms with E-state index in [0.717, 1.165) is 23.9 Å². The average Bonchev–Trinajstić information content (AvgIpc) is 2.72. The van der Waals surface area contributed by atoms with E-state index in [1.165, 1.54) is 0 Å². The van der Waals surface area contributed by atoms with E-state index in [1.54, 1.807) is 11.3 Å². The molecule has 5 nitrogen and oxygen atoms in total. The van der Waals surface area contributed by atoms with Gasteiger partial charge in [-0.25, -0.2) is 4.98 Å². The number of nitrogens with zero attached hydrogens (tertiary/aromatic N) is 2. The number of thiazole rings is 1. The Kier molecular flexibility index (Phi) is 4.10. The molecule has 1 N–H and O–H groups in total. The van der Waals surface area contributed by atoms with Gasteiger partial charge in [0.1, 0.15) is 0 Å². The predicted octanol–water partition coefficient (Wildman–Crippen LogP) is 2.16. The van der Waals surface area contributed by atoms with Crippen molar-refractivity contribution in [2.75, 3.05) is 18.0 Å². The number of morpholine rings is 1. The summed E-state index contributed by atoms with van der Waals surface area (Å²) >= 11 is 1.58. The summed E-state index contributed by atoms with van der Waals surface area (Å²) in [5.74, 6) is -0.782. The third kappa shape index (κ3) is 3.91. The van der Waals surface area contributed by atoms with Crippen LogP contribution < -0.4 is 4.90 Å². The molecule has 2 rings (SSSR count). The Morgan fingerprint density at radius 2 is 2.42 bits per heavy atom. The van der Waals surface area contributed by atoms with Crippen molar-refractivity contribution >= 4 is 22.4 Å². The molecule has 0 spiro atoms. The van der Waals surface area contributed by atoms with Crippen molar-refractivity contribution in [3.05, 3.63) is 11.1 Å². The number of carbonyl (C=O) groups is 1. The van der Waals surface area contributed by atoms with Crippen LogP contribution in [0.1, 0.15) is 32.9 Å².